The minimum atomic E-state index is -1.64. The van der Waals surface area contributed by atoms with Crippen LogP contribution in [-0.2, 0) is 23.9 Å². The summed E-state index contributed by atoms with van der Waals surface area (Å²) in [6.45, 7) is 8.24. The lowest BCUT2D eigenvalue weighted by molar-refractivity contribution is -0.178. The Balaban J connectivity index is 2.50. The molecule has 0 unspecified atom stereocenters. The van der Waals surface area contributed by atoms with Crippen molar-refractivity contribution in [2.45, 2.75) is 58.8 Å². The minimum Gasteiger partial charge on any atom is -0.463 e. The average Bonchev–Trinajstić information content (AvgIpc) is 2.58. The largest absolute Gasteiger partial charge is 0.463 e. The highest BCUT2D eigenvalue weighted by atomic mass is 16.5. The standard InChI is InChI=1S/C23H30O6/c1-14(2)28-21(25)19-17(12-11-16-9-7-6-8-10-16)20(22(26)29-15(3)4)23(5,27)13-18(19)24/h6-12,14-15,17,19-20,27H,13H2,1-5H3/b12-11+/t17-,19+,20-,23+/m1/s1. The summed E-state index contributed by atoms with van der Waals surface area (Å²) in [5, 5.41) is 10.9. The van der Waals surface area contributed by atoms with Crippen LogP contribution < -0.4 is 0 Å². The Morgan fingerprint density at radius 3 is 2.17 bits per heavy atom. The molecule has 1 N–H and O–H groups in total. The second-order valence-corrected chi connectivity index (χ2v) is 8.27. The molecule has 1 fully saturated rings. The molecular weight excluding hydrogens is 372 g/mol. The first kappa shape index (κ1) is 22.8. The van der Waals surface area contributed by atoms with E-state index in [0.717, 1.165) is 5.56 Å². The van der Waals surface area contributed by atoms with Gasteiger partial charge in [-0.15, -0.1) is 0 Å². The summed E-state index contributed by atoms with van der Waals surface area (Å²) in [6.07, 6.45) is 2.26. The second-order valence-electron chi connectivity index (χ2n) is 8.27. The molecule has 1 aliphatic rings. The predicted molar refractivity (Wildman–Crippen MR) is 109 cm³/mol. The summed E-state index contributed by atoms with van der Waals surface area (Å²) in [7, 11) is 0. The fraction of sp³-hybridized carbons (Fsp3) is 0.522. The SMILES string of the molecule is CC(C)OC(=O)[C@@H]1C(=O)C[C@](C)(O)[C@@H](C(=O)OC(C)C)[C@@H]1/C=C/c1ccccc1. The number of carbonyl (C=O) groups excluding carboxylic acids is 3. The van der Waals surface area contributed by atoms with Gasteiger partial charge in [0, 0.05) is 12.3 Å². The van der Waals surface area contributed by atoms with Crippen LogP contribution in [0.4, 0.5) is 0 Å². The lowest BCUT2D eigenvalue weighted by Gasteiger charge is -2.42. The minimum absolute atomic E-state index is 0.321. The van der Waals surface area contributed by atoms with E-state index >= 15 is 0 Å². The number of allylic oxidation sites excluding steroid dienone is 1. The van der Waals surface area contributed by atoms with Gasteiger partial charge in [0.15, 0.2) is 5.78 Å². The van der Waals surface area contributed by atoms with E-state index in [9.17, 15) is 19.5 Å². The van der Waals surface area contributed by atoms with E-state index in [4.69, 9.17) is 9.47 Å². The van der Waals surface area contributed by atoms with Gasteiger partial charge in [0.25, 0.3) is 0 Å². The Kier molecular flexibility index (Phi) is 7.36. The van der Waals surface area contributed by atoms with Gasteiger partial charge in [0.2, 0.25) is 0 Å². The van der Waals surface area contributed by atoms with Crippen LogP contribution in [0.1, 0.15) is 46.6 Å². The number of carbonyl (C=O) groups is 3. The van der Waals surface area contributed by atoms with E-state index in [-0.39, 0.29) is 6.42 Å². The van der Waals surface area contributed by atoms with Crippen LogP contribution in [0.3, 0.4) is 0 Å². The first-order valence-electron chi connectivity index (χ1n) is 9.92. The number of Topliss-reactive ketones (excluding diaryl/α,β-unsaturated/α-hetero) is 1. The number of ketones is 1. The lowest BCUT2D eigenvalue weighted by Crippen LogP contribution is -2.56. The number of esters is 2. The molecule has 0 saturated heterocycles. The number of aliphatic hydroxyl groups is 1. The highest BCUT2D eigenvalue weighted by Gasteiger charge is 2.56. The molecular formula is C23H30O6. The van der Waals surface area contributed by atoms with E-state index in [2.05, 4.69) is 0 Å². The molecule has 0 aromatic heterocycles. The molecule has 1 aliphatic carbocycles. The van der Waals surface area contributed by atoms with E-state index in [0.29, 0.717) is 0 Å². The Bertz CT molecular complexity index is 755. The highest BCUT2D eigenvalue weighted by Crippen LogP contribution is 2.42. The Morgan fingerprint density at radius 2 is 1.62 bits per heavy atom. The Labute approximate surface area is 171 Å². The number of rotatable bonds is 6. The van der Waals surface area contributed by atoms with Gasteiger partial charge in [0.1, 0.15) is 5.92 Å². The predicted octanol–water partition coefficient (Wildman–Crippen LogP) is 3.18. The van der Waals surface area contributed by atoms with Crippen LogP contribution in [0, 0.1) is 17.8 Å². The molecule has 0 heterocycles. The van der Waals surface area contributed by atoms with Crippen LogP contribution >= 0.6 is 0 Å². The van der Waals surface area contributed by atoms with Crippen molar-refractivity contribution >= 4 is 23.8 Å². The molecule has 0 radical (unpaired) electrons. The summed E-state index contributed by atoms with van der Waals surface area (Å²) >= 11 is 0. The molecule has 0 bridgehead atoms. The van der Waals surface area contributed by atoms with E-state index in [1.54, 1.807) is 39.8 Å². The second kappa shape index (κ2) is 9.35. The lowest BCUT2D eigenvalue weighted by atomic mass is 9.63. The van der Waals surface area contributed by atoms with Crippen molar-refractivity contribution in [3.63, 3.8) is 0 Å². The zero-order valence-electron chi connectivity index (χ0n) is 17.6. The topological polar surface area (TPSA) is 89.9 Å². The highest BCUT2D eigenvalue weighted by molar-refractivity contribution is 6.02. The quantitative estimate of drug-likeness (QED) is 0.581. The van der Waals surface area contributed by atoms with Gasteiger partial charge >= 0.3 is 11.9 Å². The van der Waals surface area contributed by atoms with Crippen LogP contribution in [0.25, 0.3) is 6.08 Å². The number of hydrogen-bond acceptors (Lipinski definition) is 6. The zero-order valence-corrected chi connectivity index (χ0v) is 17.6. The van der Waals surface area contributed by atoms with Gasteiger partial charge in [-0.05, 0) is 40.2 Å². The fourth-order valence-corrected chi connectivity index (χ4v) is 3.71. The monoisotopic (exact) mass is 402 g/mol. The van der Waals surface area contributed by atoms with Gasteiger partial charge in [-0.1, -0.05) is 42.5 Å². The summed E-state index contributed by atoms with van der Waals surface area (Å²) < 4.78 is 10.6. The van der Waals surface area contributed by atoms with Crippen molar-refractivity contribution in [3.05, 3.63) is 42.0 Å². The molecule has 0 amide bonds. The van der Waals surface area contributed by atoms with Crippen molar-refractivity contribution in [1.82, 2.24) is 0 Å². The maximum absolute atomic E-state index is 12.9. The summed E-state index contributed by atoms with van der Waals surface area (Å²) in [6, 6.07) is 9.32. The van der Waals surface area contributed by atoms with Crippen LogP contribution in [0.15, 0.2) is 36.4 Å². The zero-order chi connectivity index (χ0) is 21.8. The van der Waals surface area contributed by atoms with Gasteiger partial charge in [-0.25, -0.2) is 0 Å². The molecule has 6 heteroatoms. The van der Waals surface area contributed by atoms with Gasteiger partial charge in [-0.3, -0.25) is 14.4 Å². The molecule has 4 atom stereocenters. The average molecular weight is 402 g/mol. The van der Waals surface area contributed by atoms with E-state index < -0.39 is 53.3 Å². The Hall–Kier alpha value is -2.47. The summed E-state index contributed by atoms with van der Waals surface area (Å²) in [5.41, 5.74) is -0.791. The third-order valence-corrected chi connectivity index (χ3v) is 4.84. The van der Waals surface area contributed by atoms with Crippen LogP contribution in [0.5, 0.6) is 0 Å². The Morgan fingerprint density at radius 1 is 1.07 bits per heavy atom. The molecule has 0 spiro atoms. The summed E-state index contributed by atoms with van der Waals surface area (Å²) in [4.78, 5) is 38.4. The first-order valence-corrected chi connectivity index (χ1v) is 9.92. The van der Waals surface area contributed by atoms with Crippen molar-refractivity contribution in [1.29, 1.82) is 0 Å². The van der Waals surface area contributed by atoms with Crippen molar-refractivity contribution in [2.24, 2.45) is 17.8 Å². The molecule has 0 aliphatic heterocycles. The molecule has 6 nitrogen and oxygen atoms in total. The van der Waals surface area contributed by atoms with E-state index in [1.807, 2.05) is 30.3 Å². The van der Waals surface area contributed by atoms with E-state index in [1.165, 1.54) is 6.92 Å². The molecule has 1 aromatic carbocycles. The van der Waals surface area contributed by atoms with Crippen molar-refractivity contribution in [2.75, 3.05) is 0 Å². The normalized spacial score (nSPS) is 27.4. The first-order chi connectivity index (χ1) is 13.5. The molecule has 2 rings (SSSR count). The van der Waals surface area contributed by atoms with Crippen molar-refractivity contribution in [3.8, 4) is 0 Å². The molecule has 1 aromatic rings. The maximum atomic E-state index is 12.9. The van der Waals surface area contributed by atoms with Gasteiger partial charge < -0.3 is 14.6 Å². The van der Waals surface area contributed by atoms with Gasteiger partial charge in [0.05, 0.1) is 23.7 Å². The number of hydrogen-bond donors (Lipinski definition) is 1. The fourth-order valence-electron chi connectivity index (χ4n) is 3.71. The number of ether oxygens (including phenoxy) is 2. The third-order valence-electron chi connectivity index (χ3n) is 4.84. The number of benzene rings is 1. The van der Waals surface area contributed by atoms with Gasteiger partial charge in [-0.2, -0.15) is 0 Å². The summed E-state index contributed by atoms with van der Waals surface area (Å²) in [5.74, 6) is -4.91. The van der Waals surface area contributed by atoms with Crippen LogP contribution in [0.2, 0.25) is 0 Å². The third kappa shape index (κ3) is 5.76. The molecule has 29 heavy (non-hydrogen) atoms. The maximum Gasteiger partial charge on any atom is 0.317 e. The van der Waals surface area contributed by atoms with Crippen LogP contribution in [-0.4, -0.2) is 40.6 Å². The molecule has 158 valence electrons. The van der Waals surface area contributed by atoms with Crippen molar-refractivity contribution < 1.29 is 29.0 Å². The smallest absolute Gasteiger partial charge is 0.317 e. The molecule has 1 saturated carbocycles.